The van der Waals surface area contributed by atoms with E-state index >= 15 is 0 Å². The highest BCUT2D eigenvalue weighted by atomic mass is 35.5. The average molecular weight is 369 g/mol. The second-order valence-corrected chi connectivity index (χ2v) is 7.78. The second kappa shape index (κ2) is 6.71. The topological polar surface area (TPSA) is 32.3 Å². The fourth-order valence-corrected chi connectivity index (χ4v) is 5.49. The van der Waals surface area contributed by atoms with Crippen LogP contribution in [0.2, 0.25) is 0 Å². The quantitative estimate of drug-likeness (QED) is 0.821. The van der Waals surface area contributed by atoms with Gasteiger partial charge in [-0.2, -0.15) is 0 Å². The Balaban J connectivity index is 0.00000168. The summed E-state index contributed by atoms with van der Waals surface area (Å²) in [5.41, 5.74) is 3.97. The van der Waals surface area contributed by atoms with Crippen molar-refractivity contribution < 1.29 is 4.79 Å². The van der Waals surface area contributed by atoms with Crippen LogP contribution in [-0.2, 0) is 17.6 Å². The van der Waals surface area contributed by atoms with Crippen LogP contribution in [0.1, 0.15) is 24.0 Å². The molecule has 1 N–H and O–H groups in total. The highest BCUT2D eigenvalue weighted by Crippen LogP contribution is 2.52. The molecule has 0 saturated carbocycles. The molecule has 2 aliphatic heterocycles. The molecule has 2 fully saturated rings. The zero-order valence-corrected chi connectivity index (χ0v) is 15.7. The maximum absolute atomic E-state index is 13.3. The maximum atomic E-state index is 13.3. The zero-order valence-electron chi connectivity index (χ0n) is 14.9. The van der Waals surface area contributed by atoms with E-state index in [-0.39, 0.29) is 23.9 Å². The fourth-order valence-electron chi connectivity index (χ4n) is 5.49. The van der Waals surface area contributed by atoms with Crippen LogP contribution in [0.25, 0.3) is 0 Å². The summed E-state index contributed by atoms with van der Waals surface area (Å²) in [7, 11) is 0. The number of anilines is 1. The number of carbonyl (C=O) groups is 1. The minimum absolute atomic E-state index is 0. The van der Waals surface area contributed by atoms with E-state index in [0.717, 1.165) is 44.5 Å². The average Bonchev–Trinajstić information content (AvgIpc) is 3.06. The first kappa shape index (κ1) is 17.6. The number of nitrogens with one attached hydrogen (secondary N) is 1. The van der Waals surface area contributed by atoms with E-state index in [1.54, 1.807) is 0 Å². The number of hydrogen-bond acceptors (Lipinski definition) is 2. The Labute approximate surface area is 161 Å². The Morgan fingerprint density at radius 2 is 1.46 bits per heavy atom. The van der Waals surface area contributed by atoms with E-state index in [0.29, 0.717) is 11.8 Å². The highest BCUT2D eigenvalue weighted by Gasteiger charge is 2.62. The molecule has 2 heterocycles. The fraction of sp³-hybridized carbons (Fsp3) is 0.409. The van der Waals surface area contributed by atoms with E-state index in [1.807, 2.05) is 18.2 Å². The lowest BCUT2D eigenvalue weighted by Gasteiger charge is -2.61. The molecule has 136 valence electrons. The molecule has 3 nitrogen and oxygen atoms in total. The molecule has 1 spiro atoms. The van der Waals surface area contributed by atoms with Gasteiger partial charge in [0.2, 0.25) is 5.91 Å². The van der Waals surface area contributed by atoms with Crippen molar-refractivity contribution in [2.45, 2.75) is 31.2 Å². The number of para-hydroxylation sites is 1. The Hall–Kier alpha value is -1.84. The predicted molar refractivity (Wildman–Crippen MR) is 107 cm³/mol. The molecule has 1 aliphatic carbocycles. The molecular weight excluding hydrogens is 344 g/mol. The van der Waals surface area contributed by atoms with Crippen LogP contribution in [0.4, 0.5) is 5.69 Å². The van der Waals surface area contributed by atoms with Crippen molar-refractivity contribution in [1.29, 1.82) is 0 Å². The maximum Gasteiger partial charge on any atom is 0.233 e. The number of fused-ring (bicyclic) bond motifs is 1. The summed E-state index contributed by atoms with van der Waals surface area (Å²) in [6.45, 7) is 2.01. The van der Waals surface area contributed by atoms with Crippen LogP contribution in [0.5, 0.6) is 0 Å². The van der Waals surface area contributed by atoms with Gasteiger partial charge in [0, 0.05) is 5.69 Å². The highest BCUT2D eigenvalue weighted by molar-refractivity contribution is 6.05. The van der Waals surface area contributed by atoms with Gasteiger partial charge < -0.3 is 10.2 Å². The van der Waals surface area contributed by atoms with Gasteiger partial charge in [-0.1, -0.05) is 42.5 Å². The molecule has 2 aromatic rings. The molecule has 5 rings (SSSR count). The van der Waals surface area contributed by atoms with E-state index in [2.05, 4.69) is 46.6 Å². The molecule has 26 heavy (non-hydrogen) atoms. The van der Waals surface area contributed by atoms with E-state index in [4.69, 9.17) is 0 Å². The van der Waals surface area contributed by atoms with Gasteiger partial charge in [-0.05, 0) is 68.0 Å². The Morgan fingerprint density at radius 3 is 2.08 bits per heavy atom. The van der Waals surface area contributed by atoms with E-state index < -0.39 is 0 Å². The van der Waals surface area contributed by atoms with Gasteiger partial charge in [-0.25, -0.2) is 0 Å². The van der Waals surface area contributed by atoms with E-state index in [1.165, 1.54) is 11.1 Å². The number of halogens is 1. The second-order valence-electron chi connectivity index (χ2n) is 7.78. The monoisotopic (exact) mass is 368 g/mol. The van der Waals surface area contributed by atoms with Gasteiger partial charge in [0.15, 0.2) is 0 Å². The van der Waals surface area contributed by atoms with Crippen LogP contribution in [0, 0.1) is 11.8 Å². The van der Waals surface area contributed by atoms with Gasteiger partial charge in [0.05, 0.1) is 11.5 Å². The largest absolute Gasteiger partial charge is 0.317 e. The molecular formula is C22H25ClN2O. The summed E-state index contributed by atoms with van der Waals surface area (Å²) in [6, 6.07) is 19.0. The molecule has 2 saturated heterocycles. The van der Waals surface area contributed by atoms with Gasteiger partial charge in [-0.15, -0.1) is 12.4 Å². The van der Waals surface area contributed by atoms with Gasteiger partial charge in [0.25, 0.3) is 0 Å². The van der Waals surface area contributed by atoms with Gasteiger partial charge in [-0.3, -0.25) is 4.79 Å². The number of nitrogens with zero attached hydrogens (tertiary/aromatic N) is 1. The summed E-state index contributed by atoms with van der Waals surface area (Å²) in [5, 5.41) is 3.49. The summed E-state index contributed by atoms with van der Waals surface area (Å²) in [5.74, 6) is 0.969. The molecule has 0 radical (unpaired) electrons. The normalized spacial score (nSPS) is 24.1. The first-order valence-electron chi connectivity index (χ1n) is 9.46. The zero-order chi connectivity index (χ0) is 16.9. The lowest BCUT2D eigenvalue weighted by molar-refractivity contribution is -0.140. The van der Waals surface area contributed by atoms with Crippen molar-refractivity contribution in [3.8, 4) is 0 Å². The van der Waals surface area contributed by atoms with Crippen molar-refractivity contribution in [2.75, 3.05) is 18.0 Å². The minimum Gasteiger partial charge on any atom is -0.317 e. The molecule has 2 aromatic carbocycles. The van der Waals surface area contributed by atoms with Gasteiger partial charge >= 0.3 is 0 Å². The molecule has 0 aromatic heterocycles. The van der Waals surface area contributed by atoms with Crippen LogP contribution < -0.4 is 10.2 Å². The first-order valence-corrected chi connectivity index (χ1v) is 9.46. The predicted octanol–water partition coefficient (Wildman–Crippen LogP) is 3.61. The summed E-state index contributed by atoms with van der Waals surface area (Å²) in [6.07, 6.45) is 4.24. The van der Waals surface area contributed by atoms with E-state index in [9.17, 15) is 4.79 Å². The lowest BCUT2D eigenvalue weighted by Crippen LogP contribution is -2.75. The molecule has 1 unspecified atom stereocenters. The number of benzene rings is 2. The van der Waals surface area contributed by atoms with Crippen molar-refractivity contribution in [3.05, 3.63) is 65.7 Å². The van der Waals surface area contributed by atoms with Crippen molar-refractivity contribution in [1.82, 2.24) is 5.32 Å². The van der Waals surface area contributed by atoms with Crippen LogP contribution in [0.3, 0.4) is 0 Å². The van der Waals surface area contributed by atoms with Crippen molar-refractivity contribution in [3.63, 3.8) is 0 Å². The lowest BCUT2D eigenvalue weighted by atomic mass is 9.61. The molecule has 1 amide bonds. The number of carbonyl (C=O) groups excluding carboxylic acids is 1. The summed E-state index contributed by atoms with van der Waals surface area (Å²) in [4.78, 5) is 15.4. The SMILES string of the molecule is Cl.O=C1C(C2Cc3ccccc3C2)C2(CCNCC2)N1c1ccccc1. The number of hydrogen-bond donors (Lipinski definition) is 1. The molecule has 3 aliphatic rings. The Morgan fingerprint density at radius 1 is 0.885 bits per heavy atom. The third-order valence-corrected chi connectivity index (χ3v) is 6.55. The number of rotatable bonds is 2. The number of piperidine rings is 1. The summed E-state index contributed by atoms with van der Waals surface area (Å²) >= 11 is 0. The number of amides is 1. The van der Waals surface area contributed by atoms with Crippen LogP contribution in [-0.4, -0.2) is 24.5 Å². The molecule has 4 heteroatoms. The van der Waals surface area contributed by atoms with Crippen LogP contribution >= 0.6 is 12.4 Å². The van der Waals surface area contributed by atoms with Crippen LogP contribution in [0.15, 0.2) is 54.6 Å². The third kappa shape index (κ3) is 2.49. The smallest absolute Gasteiger partial charge is 0.233 e. The summed E-state index contributed by atoms with van der Waals surface area (Å²) < 4.78 is 0. The minimum atomic E-state index is 0. The number of β-lactam (4-membered cyclic amide) rings is 1. The van der Waals surface area contributed by atoms with Crippen molar-refractivity contribution in [2.24, 2.45) is 11.8 Å². The first-order chi connectivity index (χ1) is 12.3. The molecule has 0 bridgehead atoms. The standard InChI is InChI=1S/C22H24N2O.ClH/c25-21-20(18-14-16-6-4-5-7-17(16)15-18)22(10-12-23-13-11-22)24(21)19-8-2-1-3-9-19;/h1-9,18,20,23H,10-15H2;1H. The Kier molecular flexibility index (Phi) is 4.54. The molecule has 1 atom stereocenters. The van der Waals surface area contributed by atoms with Crippen molar-refractivity contribution >= 4 is 24.0 Å². The third-order valence-electron chi connectivity index (χ3n) is 6.55. The Bertz CT molecular complexity index is 776. The van der Waals surface area contributed by atoms with Gasteiger partial charge in [0.1, 0.15) is 0 Å².